The lowest BCUT2D eigenvalue weighted by atomic mass is 10.1. The van der Waals surface area contributed by atoms with E-state index in [1.165, 1.54) is 0 Å². The summed E-state index contributed by atoms with van der Waals surface area (Å²) in [6.45, 7) is 8.06. The topological polar surface area (TPSA) is 50.8 Å². The Morgan fingerprint density at radius 2 is 2.18 bits per heavy atom. The largest absolute Gasteiger partial charge is 0.493 e. The SMILES string of the molecule is COc1cc(C(=O)N2CCN[C@@H](C)C2)cc(Cl)c1OC(C)C. The number of halogens is 1. The van der Waals surface area contributed by atoms with E-state index in [1.54, 1.807) is 19.2 Å². The second-order valence-corrected chi connectivity index (χ2v) is 6.17. The summed E-state index contributed by atoms with van der Waals surface area (Å²) < 4.78 is 11.0. The average molecular weight is 327 g/mol. The molecule has 22 heavy (non-hydrogen) atoms. The van der Waals surface area contributed by atoms with E-state index in [0.29, 0.717) is 41.2 Å². The Balaban J connectivity index is 2.27. The Morgan fingerprint density at radius 1 is 1.45 bits per heavy atom. The van der Waals surface area contributed by atoms with Crippen molar-refractivity contribution in [2.24, 2.45) is 0 Å². The van der Waals surface area contributed by atoms with Gasteiger partial charge in [-0.05, 0) is 32.9 Å². The number of carbonyl (C=O) groups is 1. The molecule has 1 heterocycles. The fourth-order valence-corrected chi connectivity index (χ4v) is 2.75. The van der Waals surface area contributed by atoms with Crippen molar-refractivity contribution < 1.29 is 14.3 Å². The molecule has 0 spiro atoms. The van der Waals surface area contributed by atoms with Gasteiger partial charge in [-0.1, -0.05) is 11.6 Å². The number of hydrogen-bond donors (Lipinski definition) is 1. The first-order valence-electron chi connectivity index (χ1n) is 7.49. The van der Waals surface area contributed by atoms with Gasteiger partial charge in [0.15, 0.2) is 11.5 Å². The molecule has 0 bridgehead atoms. The van der Waals surface area contributed by atoms with Crippen LogP contribution in [0.1, 0.15) is 31.1 Å². The van der Waals surface area contributed by atoms with E-state index in [1.807, 2.05) is 18.7 Å². The monoisotopic (exact) mass is 326 g/mol. The predicted octanol–water partition coefficient (Wildman–Crippen LogP) is 2.57. The molecule has 0 saturated carbocycles. The summed E-state index contributed by atoms with van der Waals surface area (Å²) in [5.74, 6) is 0.918. The van der Waals surface area contributed by atoms with Crippen LogP contribution in [0.25, 0.3) is 0 Å². The standard InChI is InChI=1S/C16H23ClN2O3/c1-10(2)22-15-13(17)7-12(8-14(15)21-4)16(20)19-6-5-18-11(3)9-19/h7-8,10-11,18H,5-6,9H2,1-4H3/t11-/m0/s1. The highest BCUT2D eigenvalue weighted by atomic mass is 35.5. The van der Waals surface area contributed by atoms with Crippen molar-refractivity contribution in [3.05, 3.63) is 22.7 Å². The number of carbonyl (C=O) groups excluding carboxylic acids is 1. The van der Waals surface area contributed by atoms with Crippen LogP contribution in [0.4, 0.5) is 0 Å². The molecule has 1 amide bonds. The molecule has 0 aromatic heterocycles. The number of nitrogens with zero attached hydrogens (tertiary/aromatic N) is 1. The summed E-state index contributed by atoms with van der Waals surface area (Å²) in [6, 6.07) is 3.63. The summed E-state index contributed by atoms with van der Waals surface area (Å²) in [7, 11) is 1.54. The molecule has 1 saturated heterocycles. The Morgan fingerprint density at radius 3 is 2.77 bits per heavy atom. The van der Waals surface area contributed by atoms with Gasteiger partial charge in [0.05, 0.1) is 18.2 Å². The summed E-state index contributed by atoms with van der Waals surface area (Å²) in [4.78, 5) is 14.5. The molecule has 1 aromatic carbocycles. The summed E-state index contributed by atoms with van der Waals surface area (Å²) >= 11 is 6.28. The average Bonchev–Trinajstić information content (AvgIpc) is 2.48. The van der Waals surface area contributed by atoms with Gasteiger partial charge in [0.2, 0.25) is 0 Å². The lowest BCUT2D eigenvalue weighted by molar-refractivity contribution is 0.0708. The summed E-state index contributed by atoms with van der Waals surface area (Å²) in [5, 5.41) is 3.71. The number of ether oxygens (including phenoxy) is 2. The lowest BCUT2D eigenvalue weighted by Gasteiger charge is -2.32. The Labute approximate surface area is 136 Å². The molecule has 6 heteroatoms. The van der Waals surface area contributed by atoms with Gasteiger partial charge in [-0.25, -0.2) is 0 Å². The molecular weight excluding hydrogens is 304 g/mol. The van der Waals surface area contributed by atoms with Gasteiger partial charge in [-0.3, -0.25) is 4.79 Å². The summed E-state index contributed by atoms with van der Waals surface area (Å²) in [6.07, 6.45) is -0.0260. The minimum atomic E-state index is -0.0374. The van der Waals surface area contributed by atoms with Crippen LogP contribution in [0.2, 0.25) is 5.02 Å². The normalized spacial score (nSPS) is 18.5. The number of amides is 1. The maximum atomic E-state index is 12.6. The highest BCUT2D eigenvalue weighted by molar-refractivity contribution is 6.32. The number of methoxy groups -OCH3 is 1. The lowest BCUT2D eigenvalue weighted by Crippen LogP contribution is -2.51. The van der Waals surface area contributed by atoms with Gasteiger partial charge in [-0.2, -0.15) is 0 Å². The van der Waals surface area contributed by atoms with Crippen molar-refractivity contribution in [1.29, 1.82) is 0 Å². The number of hydrogen-bond acceptors (Lipinski definition) is 4. The number of rotatable bonds is 4. The molecule has 0 aliphatic carbocycles. The zero-order chi connectivity index (χ0) is 16.3. The molecular formula is C16H23ClN2O3. The van der Waals surface area contributed by atoms with E-state index in [-0.39, 0.29) is 12.0 Å². The van der Waals surface area contributed by atoms with Gasteiger partial charge in [0, 0.05) is 31.2 Å². The zero-order valence-corrected chi connectivity index (χ0v) is 14.2. The molecule has 0 unspecified atom stereocenters. The Kier molecular flexibility index (Phi) is 5.53. The number of piperazine rings is 1. The van der Waals surface area contributed by atoms with Crippen LogP contribution >= 0.6 is 11.6 Å². The summed E-state index contributed by atoms with van der Waals surface area (Å²) in [5.41, 5.74) is 0.520. The minimum Gasteiger partial charge on any atom is -0.493 e. The second-order valence-electron chi connectivity index (χ2n) is 5.76. The van der Waals surface area contributed by atoms with Crippen molar-refractivity contribution in [3.63, 3.8) is 0 Å². The van der Waals surface area contributed by atoms with Crippen LogP contribution in [0, 0.1) is 0 Å². The van der Waals surface area contributed by atoms with Crippen LogP contribution in [-0.4, -0.2) is 49.7 Å². The van der Waals surface area contributed by atoms with E-state index in [9.17, 15) is 4.79 Å². The first-order valence-corrected chi connectivity index (χ1v) is 7.87. The molecule has 1 N–H and O–H groups in total. The van der Waals surface area contributed by atoms with Gasteiger partial charge in [0.1, 0.15) is 0 Å². The van der Waals surface area contributed by atoms with Crippen LogP contribution in [0.5, 0.6) is 11.5 Å². The molecule has 5 nitrogen and oxygen atoms in total. The molecule has 0 radical (unpaired) electrons. The third kappa shape index (κ3) is 3.84. The van der Waals surface area contributed by atoms with Crippen LogP contribution < -0.4 is 14.8 Å². The van der Waals surface area contributed by atoms with Crippen molar-refractivity contribution in [3.8, 4) is 11.5 Å². The smallest absolute Gasteiger partial charge is 0.254 e. The zero-order valence-electron chi connectivity index (χ0n) is 13.5. The van der Waals surface area contributed by atoms with Crippen molar-refractivity contribution in [2.75, 3.05) is 26.7 Å². The third-order valence-electron chi connectivity index (χ3n) is 3.49. The van der Waals surface area contributed by atoms with Crippen LogP contribution in [0.3, 0.4) is 0 Å². The number of nitrogens with one attached hydrogen (secondary N) is 1. The quantitative estimate of drug-likeness (QED) is 0.924. The third-order valence-corrected chi connectivity index (χ3v) is 3.77. The van der Waals surface area contributed by atoms with E-state index in [4.69, 9.17) is 21.1 Å². The molecule has 122 valence electrons. The van der Waals surface area contributed by atoms with E-state index in [2.05, 4.69) is 12.2 Å². The predicted molar refractivity (Wildman–Crippen MR) is 87.1 cm³/mol. The first kappa shape index (κ1) is 16.9. The first-order chi connectivity index (χ1) is 10.4. The fraction of sp³-hybridized carbons (Fsp3) is 0.562. The molecule has 2 rings (SSSR count). The Hall–Kier alpha value is -1.46. The van der Waals surface area contributed by atoms with E-state index >= 15 is 0 Å². The maximum absolute atomic E-state index is 12.6. The van der Waals surface area contributed by atoms with E-state index < -0.39 is 0 Å². The van der Waals surface area contributed by atoms with Crippen molar-refractivity contribution >= 4 is 17.5 Å². The van der Waals surface area contributed by atoms with E-state index in [0.717, 1.165) is 6.54 Å². The van der Waals surface area contributed by atoms with Crippen molar-refractivity contribution in [1.82, 2.24) is 10.2 Å². The highest BCUT2D eigenvalue weighted by Gasteiger charge is 2.24. The van der Waals surface area contributed by atoms with Crippen LogP contribution in [0.15, 0.2) is 12.1 Å². The Bertz CT molecular complexity index is 548. The van der Waals surface area contributed by atoms with Crippen molar-refractivity contribution in [2.45, 2.75) is 32.9 Å². The maximum Gasteiger partial charge on any atom is 0.254 e. The second kappa shape index (κ2) is 7.20. The fourth-order valence-electron chi connectivity index (χ4n) is 2.49. The van der Waals surface area contributed by atoms with Gasteiger partial charge >= 0.3 is 0 Å². The molecule has 1 aromatic rings. The minimum absolute atomic E-state index is 0.0260. The molecule has 1 aliphatic rings. The number of benzene rings is 1. The molecule has 1 fully saturated rings. The van der Waals surface area contributed by atoms with Crippen LogP contribution in [-0.2, 0) is 0 Å². The van der Waals surface area contributed by atoms with Gasteiger partial charge in [-0.15, -0.1) is 0 Å². The molecule has 1 atom stereocenters. The van der Waals surface area contributed by atoms with Gasteiger partial charge in [0.25, 0.3) is 5.91 Å². The van der Waals surface area contributed by atoms with Gasteiger partial charge < -0.3 is 19.7 Å². The molecule has 1 aliphatic heterocycles. The highest BCUT2D eigenvalue weighted by Crippen LogP contribution is 2.37.